The van der Waals surface area contributed by atoms with Gasteiger partial charge in [0.25, 0.3) is 5.56 Å². The van der Waals surface area contributed by atoms with E-state index in [1.807, 2.05) is 28.4 Å². The number of H-pyrrole nitrogens is 1. The number of aromatic nitrogens is 4. The largest absolute Gasteiger partial charge is 0.323 e. The van der Waals surface area contributed by atoms with Gasteiger partial charge < -0.3 is 4.98 Å². The first kappa shape index (κ1) is 12.3. The van der Waals surface area contributed by atoms with E-state index in [9.17, 15) is 4.79 Å². The van der Waals surface area contributed by atoms with Gasteiger partial charge in [0.1, 0.15) is 4.83 Å². The van der Waals surface area contributed by atoms with Crippen molar-refractivity contribution in [1.29, 1.82) is 0 Å². The number of nitrogens with zero attached hydrogens (tertiary/aromatic N) is 3. The second-order valence-electron chi connectivity index (χ2n) is 4.17. The maximum atomic E-state index is 12.3. The van der Waals surface area contributed by atoms with Crippen LogP contribution >= 0.6 is 23.6 Å². The minimum Gasteiger partial charge on any atom is -0.323 e. The molecule has 0 fully saturated rings. The van der Waals surface area contributed by atoms with Crippen molar-refractivity contribution in [1.82, 2.24) is 19.3 Å². The molecule has 0 aromatic carbocycles. The molecule has 0 aliphatic carbocycles. The number of fused-ring (bicyclic) bond motifs is 1. The summed E-state index contributed by atoms with van der Waals surface area (Å²) in [6.07, 6.45) is 4.47. The van der Waals surface area contributed by atoms with Crippen LogP contribution in [-0.2, 0) is 13.1 Å². The van der Waals surface area contributed by atoms with E-state index in [0.29, 0.717) is 16.7 Å². The van der Waals surface area contributed by atoms with Gasteiger partial charge in [0.05, 0.1) is 5.39 Å². The Morgan fingerprint density at radius 2 is 2.32 bits per heavy atom. The lowest BCUT2D eigenvalue weighted by atomic mass is 10.4. The van der Waals surface area contributed by atoms with Crippen molar-refractivity contribution in [2.45, 2.75) is 19.5 Å². The van der Waals surface area contributed by atoms with Crippen LogP contribution in [0.5, 0.6) is 0 Å². The summed E-state index contributed by atoms with van der Waals surface area (Å²) in [5, 5.41) is 6.73. The lowest BCUT2D eigenvalue weighted by Gasteiger charge is -2.06. The number of aryl methyl sites for hydroxylation is 1. The van der Waals surface area contributed by atoms with Gasteiger partial charge in [-0.25, -0.2) is 0 Å². The van der Waals surface area contributed by atoms with Crippen LogP contribution in [0.1, 0.15) is 6.42 Å². The Bertz CT molecular complexity index is 797. The monoisotopic (exact) mass is 292 g/mol. The molecule has 0 aliphatic heterocycles. The van der Waals surface area contributed by atoms with E-state index in [2.05, 4.69) is 10.1 Å². The lowest BCUT2D eigenvalue weighted by molar-refractivity contribution is 0.515. The van der Waals surface area contributed by atoms with E-state index in [-0.39, 0.29) is 5.56 Å². The third-order valence-electron chi connectivity index (χ3n) is 2.93. The summed E-state index contributed by atoms with van der Waals surface area (Å²) in [5.74, 6) is 0. The van der Waals surface area contributed by atoms with Gasteiger partial charge in [-0.15, -0.1) is 11.3 Å². The van der Waals surface area contributed by atoms with Gasteiger partial charge in [-0.05, 0) is 36.2 Å². The number of hydrogen-bond acceptors (Lipinski definition) is 4. The van der Waals surface area contributed by atoms with Crippen LogP contribution in [0.15, 0.2) is 34.7 Å². The molecule has 19 heavy (non-hydrogen) atoms. The molecule has 0 saturated carbocycles. The number of rotatable bonds is 4. The Hall–Kier alpha value is -1.73. The van der Waals surface area contributed by atoms with E-state index in [0.717, 1.165) is 17.8 Å². The van der Waals surface area contributed by atoms with E-state index in [1.54, 1.807) is 10.8 Å². The second-order valence-corrected chi connectivity index (χ2v) is 5.48. The predicted molar refractivity (Wildman–Crippen MR) is 78.1 cm³/mol. The van der Waals surface area contributed by atoms with Gasteiger partial charge >= 0.3 is 0 Å². The van der Waals surface area contributed by atoms with Gasteiger partial charge in [0, 0.05) is 25.5 Å². The van der Waals surface area contributed by atoms with Crippen LogP contribution in [-0.4, -0.2) is 19.3 Å². The Kier molecular flexibility index (Phi) is 3.31. The van der Waals surface area contributed by atoms with Crippen LogP contribution in [0.2, 0.25) is 0 Å². The molecule has 0 spiro atoms. The molecule has 3 aromatic heterocycles. The Morgan fingerprint density at radius 1 is 1.42 bits per heavy atom. The normalized spacial score (nSPS) is 11.2. The molecule has 0 aliphatic rings. The number of aromatic amines is 1. The first-order valence-electron chi connectivity index (χ1n) is 5.93. The van der Waals surface area contributed by atoms with Crippen LogP contribution in [0.3, 0.4) is 0 Å². The summed E-state index contributed by atoms with van der Waals surface area (Å²) in [7, 11) is 0. The van der Waals surface area contributed by atoms with Crippen molar-refractivity contribution >= 4 is 33.8 Å². The zero-order valence-electron chi connectivity index (χ0n) is 10.1. The fourth-order valence-corrected chi connectivity index (χ4v) is 3.12. The molecule has 0 atom stereocenters. The highest BCUT2D eigenvalue weighted by Crippen LogP contribution is 2.14. The summed E-state index contributed by atoms with van der Waals surface area (Å²) < 4.78 is 3.95. The van der Waals surface area contributed by atoms with E-state index in [4.69, 9.17) is 12.2 Å². The molecule has 3 heterocycles. The predicted octanol–water partition coefficient (Wildman–Crippen LogP) is 2.41. The molecular formula is C12H12N4OS2. The zero-order chi connectivity index (χ0) is 13.2. The fraction of sp³-hybridized carbons (Fsp3) is 0.250. The van der Waals surface area contributed by atoms with E-state index < -0.39 is 0 Å². The Labute approximate surface area is 118 Å². The van der Waals surface area contributed by atoms with E-state index in [1.165, 1.54) is 11.3 Å². The average Bonchev–Trinajstić information content (AvgIpc) is 3.03. The van der Waals surface area contributed by atoms with Crippen LogP contribution < -0.4 is 5.56 Å². The third kappa shape index (κ3) is 2.39. The SMILES string of the molecule is O=c1c2ccsc2[nH]c(=S)n1CCCn1cccn1. The summed E-state index contributed by atoms with van der Waals surface area (Å²) in [6.45, 7) is 1.37. The fourth-order valence-electron chi connectivity index (χ4n) is 2.00. The quantitative estimate of drug-likeness (QED) is 0.751. The molecule has 0 saturated heterocycles. The smallest absolute Gasteiger partial charge is 0.263 e. The average molecular weight is 292 g/mol. The van der Waals surface area contributed by atoms with Gasteiger partial charge in [0.15, 0.2) is 4.77 Å². The van der Waals surface area contributed by atoms with Gasteiger partial charge in [-0.3, -0.25) is 14.0 Å². The highest BCUT2D eigenvalue weighted by molar-refractivity contribution is 7.71. The maximum absolute atomic E-state index is 12.3. The molecule has 5 nitrogen and oxygen atoms in total. The topological polar surface area (TPSA) is 55.6 Å². The molecular weight excluding hydrogens is 280 g/mol. The van der Waals surface area contributed by atoms with Crippen molar-refractivity contribution in [3.05, 3.63) is 45.0 Å². The third-order valence-corrected chi connectivity index (χ3v) is 4.09. The number of hydrogen-bond donors (Lipinski definition) is 1. The molecule has 3 rings (SSSR count). The first-order chi connectivity index (χ1) is 9.25. The molecule has 7 heteroatoms. The molecule has 0 unspecified atom stereocenters. The van der Waals surface area contributed by atoms with Crippen molar-refractivity contribution in [3.8, 4) is 0 Å². The number of nitrogens with one attached hydrogen (secondary N) is 1. The van der Waals surface area contributed by atoms with Gasteiger partial charge in [0.2, 0.25) is 0 Å². The Morgan fingerprint density at radius 3 is 3.11 bits per heavy atom. The summed E-state index contributed by atoms with van der Waals surface area (Å²) in [4.78, 5) is 16.2. The van der Waals surface area contributed by atoms with Gasteiger partial charge in [-0.1, -0.05) is 0 Å². The maximum Gasteiger partial charge on any atom is 0.263 e. The van der Waals surface area contributed by atoms with Crippen LogP contribution in [0, 0.1) is 4.77 Å². The molecule has 98 valence electrons. The highest BCUT2D eigenvalue weighted by atomic mass is 32.1. The second kappa shape index (κ2) is 5.10. The minimum atomic E-state index is -0.0135. The van der Waals surface area contributed by atoms with Gasteiger partial charge in [-0.2, -0.15) is 5.10 Å². The summed E-state index contributed by atoms with van der Waals surface area (Å²) in [6, 6.07) is 3.72. The zero-order valence-corrected chi connectivity index (χ0v) is 11.7. The molecule has 0 bridgehead atoms. The molecule has 1 N–H and O–H groups in total. The molecule has 0 amide bonds. The molecule has 3 aromatic rings. The van der Waals surface area contributed by atoms with Crippen LogP contribution in [0.4, 0.5) is 0 Å². The number of thiophene rings is 1. The van der Waals surface area contributed by atoms with Crippen molar-refractivity contribution in [3.63, 3.8) is 0 Å². The summed E-state index contributed by atoms with van der Waals surface area (Å²) in [5.41, 5.74) is -0.0135. The standard InChI is InChI=1S/C12H12N4OS2/c17-11-9-3-8-19-10(9)14-12(18)16(11)7-2-6-15-5-1-4-13-15/h1,3-5,8H,2,6-7H2,(H,14,18). The van der Waals surface area contributed by atoms with E-state index >= 15 is 0 Å². The van der Waals surface area contributed by atoms with Crippen LogP contribution in [0.25, 0.3) is 10.2 Å². The summed E-state index contributed by atoms with van der Waals surface area (Å²) >= 11 is 6.73. The first-order valence-corrected chi connectivity index (χ1v) is 7.22. The van der Waals surface area contributed by atoms with Crippen molar-refractivity contribution < 1.29 is 0 Å². The Balaban J connectivity index is 1.84. The van der Waals surface area contributed by atoms with Crippen molar-refractivity contribution in [2.75, 3.05) is 0 Å². The minimum absolute atomic E-state index is 0.0135. The molecule has 0 radical (unpaired) electrons. The highest BCUT2D eigenvalue weighted by Gasteiger charge is 2.06. The van der Waals surface area contributed by atoms with Crippen molar-refractivity contribution in [2.24, 2.45) is 0 Å². The lowest BCUT2D eigenvalue weighted by Crippen LogP contribution is -2.22.